The van der Waals surface area contributed by atoms with Crippen LogP contribution in [0.1, 0.15) is 5.56 Å². The Balaban J connectivity index is 2.58. The minimum absolute atomic E-state index is 0.225. The van der Waals surface area contributed by atoms with Crippen LogP contribution in [0.15, 0.2) is 12.4 Å². The summed E-state index contributed by atoms with van der Waals surface area (Å²) in [5, 5.41) is 13.0. The Morgan fingerprint density at radius 2 is 2.58 bits per heavy atom. The fourth-order valence-electron chi connectivity index (χ4n) is 0.901. The van der Waals surface area contributed by atoms with Gasteiger partial charge in [-0.25, -0.2) is 0 Å². The average molecular weight is 169 g/mol. The lowest BCUT2D eigenvalue weighted by Gasteiger charge is -2.02. The van der Waals surface area contributed by atoms with E-state index in [0.717, 1.165) is 5.56 Å². The van der Waals surface area contributed by atoms with Crippen LogP contribution in [0.2, 0.25) is 0 Å². The highest BCUT2D eigenvalue weighted by atomic mass is 16.3. The third-order valence-electron chi connectivity index (χ3n) is 1.52. The van der Waals surface area contributed by atoms with E-state index in [-0.39, 0.29) is 6.42 Å². The van der Waals surface area contributed by atoms with E-state index in [1.807, 2.05) is 0 Å². The predicted molar refractivity (Wildman–Crippen MR) is 42.1 cm³/mol. The van der Waals surface area contributed by atoms with Gasteiger partial charge in [-0.1, -0.05) is 0 Å². The van der Waals surface area contributed by atoms with Gasteiger partial charge in [0.1, 0.15) is 6.10 Å². The molecule has 0 aliphatic heterocycles. The van der Waals surface area contributed by atoms with Gasteiger partial charge in [0.25, 0.3) is 0 Å². The number of carbonyl (C=O) groups excluding carboxylic acids is 1. The molecule has 0 spiro atoms. The van der Waals surface area contributed by atoms with Gasteiger partial charge >= 0.3 is 0 Å². The van der Waals surface area contributed by atoms with Crippen LogP contribution in [0.4, 0.5) is 0 Å². The summed E-state index contributed by atoms with van der Waals surface area (Å²) in [6, 6.07) is 0. The molecule has 1 atom stereocenters. The fraction of sp³-hybridized carbons (Fsp3) is 0.429. The first-order valence-electron chi connectivity index (χ1n) is 3.54. The molecule has 1 unspecified atom stereocenters. The number of nitrogens with two attached hydrogens (primary N) is 1. The second kappa shape index (κ2) is 3.36. The van der Waals surface area contributed by atoms with Crippen molar-refractivity contribution in [3.63, 3.8) is 0 Å². The molecule has 0 aliphatic rings. The molecular weight excluding hydrogens is 158 g/mol. The molecule has 1 aromatic heterocycles. The van der Waals surface area contributed by atoms with E-state index in [4.69, 9.17) is 10.8 Å². The first kappa shape index (κ1) is 8.73. The first-order chi connectivity index (χ1) is 5.59. The van der Waals surface area contributed by atoms with Crippen LogP contribution in [0.25, 0.3) is 0 Å². The Kier molecular flexibility index (Phi) is 2.44. The van der Waals surface area contributed by atoms with Crippen LogP contribution < -0.4 is 5.73 Å². The summed E-state index contributed by atoms with van der Waals surface area (Å²) in [6.07, 6.45) is 2.43. The molecule has 0 aliphatic carbocycles. The Hall–Kier alpha value is -1.36. The van der Waals surface area contributed by atoms with E-state index in [1.54, 1.807) is 24.1 Å². The van der Waals surface area contributed by atoms with Crippen molar-refractivity contribution in [1.82, 2.24) is 9.78 Å². The summed E-state index contributed by atoms with van der Waals surface area (Å²) < 4.78 is 1.60. The average Bonchev–Trinajstić information content (AvgIpc) is 2.35. The highest BCUT2D eigenvalue weighted by Gasteiger charge is 2.11. The summed E-state index contributed by atoms with van der Waals surface area (Å²) in [5.41, 5.74) is 5.67. The van der Waals surface area contributed by atoms with Gasteiger partial charge < -0.3 is 10.8 Å². The minimum atomic E-state index is -1.12. The smallest absolute Gasteiger partial charge is 0.246 e. The van der Waals surface area contributed by atoms with Crippen LogP contribution >= 0.6 is 0 Å². The lowest BCUT2D eigenvalue weighted by molar-refractivity contribution is -0.125. The Morgan fingerprint density at radius 1 is 1.92 bits per heavy atom. The lowest BCUT2D eigenvalue weighted by Crippen LogP contribution is -2.29. The van der Waals surface area contributed by atoms with Gasteiger partial charge in [-0.3, -0.25) is 9.48 Å². The highest BCUT2D eigenvalue weighted by molar-refractivity contribution is 5.78. The third-order valence-corrected chi connectivity index (χ3v) is 1.52. The predicted octanol–water partition coefficient (Wildman–Crippen LogP) is -1.19. The molecule has 5 nitrogen and oxygen atoms in total. The van der Waals surface area contributed by atoms with E-state index in [9.17, 15) is 4.79 Å². The number of amides is 1. The van der Waals surface area contributed by atoms with Crippen LogP contribution in [-0.2, 0) is 18.3 Å². The second-order valence-corrected chi connectivity index (χ2v) is 2.64. The topological polar surface area (TPSA) is 81.1 Å². The summed E-state index contributed by atoms with van der Waals surface area (Å²) in [5.74, 6) is -0.709. The van der Waals surface area contributed by atoms with E-state index in [1.165, 1.54) is 0 Å². The molecule has 3 N–H and O–H groups in total. The molecule has 5 heteroatoms. The normalized spacial score (nSPS) is 12.8. The fourth-order valence-corrected chi connectivity index (χ4v) is 0.901. The summed E-state index contributed by atoms with van der Waals surface area (Å²) in [7, 11) is 1.76. The molecule has 12 heavy (non-hydrogen) atoms. The number of hydrogen-bond acceptors (Lipinski definition) is 3. The maximum Gasteiger partial charge on any atom is 0.246 e. The third kappa shape index (κ3) is 2.06. The monoisotopic (exact) mass is 169 g/mol. The molecule has 66 valence electrons. The van der Waals surface area contributed by atoms with Gasteiger partial charge in [-0.15, -0.1) is 0 Å². The molecule has 1 amide bonds. The van der Waals surface area contributed by atoms with Gasteiger partial charge in [-0.05, 0) is 5.56 Å². The summed E-state index contributed by atoms with van der Waals surface area (Å²) >= 11 is 0. The summed E-state index contributed by atoms with van der Waals surface area (Å²) in [4.78, 5) is 10.5. The number of aliphatic hydroxyl groups is 1. The second-order valence-electron chi connectivity index (χ2n) is 2.64. The number of aromatic nitrogens is 2. The quantitative estimate of drug-likeness (QED) is 0.597. The number of aryl methyl sites for hydroxylation is 1. The van der Waals surface area contributed by atoms with E-state index >= 15 is 0 Å². The van der Waals surface area contributed by atoms with Crippen LogP contribution in [0.3, 0.4) is 0 Å². The molecule has 0 saturated heterocycles. The van der Waals surface area contributed by atoms with Crippen molar-refractivity contribution in [2.24, 2.45) is 12.8 Å². The molecule has 0 bridgehead atoms. The zero-order chi connectivity index (χ0) is 9.14. The molecule has 0 aromatic carbocycles. The molecule has 0 radical (unpaired) electrons. The van der Waals surface area contributed by atoms with Crippen molar-refractivity contribution in [3.05, 3.63) is 18.0 Å². The zero-order valence-electron chi connectivity index (χ0n) is 6.77. The zero-order valence-corrected chi connectivity index (χ0v) is 6.77. The van der Waals surface area contributed by atoms with Gasteiger partial charge in [0, 0.05) is 19.7 Å². The largest absolute Gasteiger partial charge is 0.383 e. The molecule has 1 rings (SSSR count). The van der Waals surface area contributed by atoms with E-state index in [0.29, 0.717) is 0 Å². The Labute approximate surface area is 69.8 Å². The summed E-state index contributed by atoms with van der Waals surface area (Å²) in [6.45, 7) is 0. The maximum absolute atomic E-state index is 10.5. The van der Waals surface area contributed by atoms with Crippen molar-refractivity contribution >= 4 is 5.91 Å². The maximum atomic E-state index is 10.5. The van der Waals surface area contributed by atoms with Gasteiger partial charge in [-0.2, -0.15) is 5.10 Å². The van der Waals surface area contributed by atoms with Gasteiger partial charge in [0.15, 0.2) is 0 Å². The first-order valence-corrected chi connectivity index (χ1v) is 3.54. The lowest BCUT2D eigenvalue weighted by atomic mass is 10.1. The van der Waals surface area contributed by atoms with Crippen molar-refractivity contribution in [2.45, 2.75) is 12.5 Å². The standard InChI is InChI=1S/C7H11N3O2/c1-10-4-5(3-9-10)2-6(11)7(8)12/h3-4,6,11H,2H2,1H3,(H2,8,12). The van der Waals surface area contributed by atoms with Gasteiger partial charge in [0.05, 0.1) is 6.20 Å². The number of nitrogens with zero attached hydrogens (tertiary/aromatic N) is 2. The van der Waals surface area contributed by atoms with Crippen molar-refractivity contribution in [1.29, 1.82) is 0 Å². The Bertz CT molecular complexity index is 282. The van der Waals surface area contributed by atoms with Crippen molar-refractivity contribution < 1.29 is 9.90 Å². The number of rotatable bonds is 3. The number of aliphatic hydroxyl groups excluding tert-OH is 1. The van der Waals surface area contributed by atoms with Crippen LogP contribution in [0, 0.1) is 0 Å². The van der Waals surface area contributed by atoms with E-state index in [2.05, 4.69) is 5.10 Å². The molecule has 0 fully saturated rings. The van der Waals surface area contributed by atoms with Crippen LogP contribution in [-0.4, -0.2) is 26.9 Å². The SMILES string of the molecule is Cn1cc(CC(O)C(N)=O)cn1. The van der Waals surface area contributed by atoms with Crippen LogP contribution in [0.5, 0.6) is 0 Å². The highest BCUT2D eigenvalue weighted by Crippen LogP contribution is 2.00. The molecule has 0 saturated carbocycles. The minimum Gasteiger partial charge on any atom is -0.383 e. The molecular formula is C7H11N3O2. The number of hydrogen-bond donors (Lipinski definition) is 2. The number of carbonyl (C=O) groups is 1. The van der Waals surface area contributed by atoms with Gasteiger partial charge in [0.2, 0.25) is 5.91 Å². The van der Waals surface area contributed by atoms with Crippen molar-refractivity contribution in [3.8, 4) is 0 Å². The Morgan fingerprint density at radius 3 is 3.00 bits per heavy atom. The van der Waals surface area contributed by atoms with Crippen molar-refractivity contribution in [2.75, 3.05) is 0 Å². The molecule has 1 aromatic rings. The number of primary amides is 1. The molecule has 1 heterocycles. The van der Waals surface area contributed by atoms with E-state index < -0.39 is 12.0 Å².